The number of nitrogens with one attached hydrogen (secondary N) is 1. The van der Waals surface area contributed by atoms with E-state index in [1.807, 2.05) is 95.7 Å². The monoisotopic (exact) mass is 563 g/mol. The van der Waals surface area contributed by atoms with Crippen LogP contribution in [-0.2, 0) is 0 Å². The van der Waals surface area contributed by atoms with Crippen molar-refractivity contribution in [3.63, 3.8) is 0 Å². The molecule has 5 aromatic rings. The molecule has 1 fully saturated rings. The van der Waals surface area contributed by atoms with Gasteiger partial charge in [0.25, 0.3) is 5.69 Å². The Balaban J connectivity index is 1.38. The third-order valence-electron chi connectivity index (χ3n) is 6.91. The van der Waals surface area contributed by atoms with Crippen LogP contribution >= 0.6 is 12.2 Å². The summed E-state index contributed by atoms with van der Waals surface area (Å²) in [5.41, 5.74) is 3.29. The highest BCUT2D eigenvalue weighted by Gasteiger charge is 2.42. The number of pyridine rings is 1. The van der Waals surface area contributed by atoms with Gasteiger partial charge in [-0.05, 0) is 91.1 Å². The largest absolute Gasteiger partial charge is 0.497 e. The van der Waals surface area contributed by atoms with E-state index in [0.29, 0.717) is 22.3 Å². The number of thiocarbonyl (C=S) groups is 1. The predicted octanol–water partition coefficient (Wildman–Crippen LogP) is 6.76. The zero-order valence-corrected chi connectivity index (χ0v) is 22.8. The van der Waals surface area contributed by atoms with Crippen LogP contribution in [0.3, 0.4) is 0 Å². The third-order valence-corrected chi connectivity index (χ3v) is 7.22. The number of methoxy groups -OCH3 is 1. The SMILES string of the molecule is COc1ccc(Oc2ccc(N3C(=S)N[C@H](c4ccccn4)[C@@H]3c3cccn3-c3cccc([N+](=O)[O-])c3)cc2)cc1. The van der Waals surface area contributed by atoms with Crippen LogP contribution in [-0.4, -0.2) is 26.7 Å². The Morgan fingerprint density at radius 2 is 1.61 bits per heavy atom. The summed E-state index contributed by atoms with van der Waals surface area (Å²) >= 11 is 5.87. The van der Waals surface area contributed by atoms with Crippen molar-refractivity contribution in [3.8, 4) is 22.9 Å². The Morgan fingerprint density at radius 1 is 0.878 bits per heavy atom. The number of hydrogen-bond acceptors (Lipinski definition) is 6. The van der Waals surface area contributed by atoms with E-state index in [4.69, 9.17) is 21.7 Å². The summed E-state index contributed by atoms with van der Waals surface area (Å²) in [6.45, 7) is 0. The van der Waals surface area contributed by atoms with Crippen LogP contribution in [0.15, 0.2) is 116 Å². The van der Waals surface area contributed by atoms with Crippen molar-refractivity contribution in [2.75, 3.05) is 12.0 Å². The molecule has 204 valence electrons. The van der Waals surface area contributed by atoms with Gasteiger partial charge >= 0.3 is 0 Å². The lowest BCUT2D eigenvalue weighted by Crippen LogP contribution is -2.30. The van der Waals surface area contributed by atoms with Gasteiger partial charge < -0.3 is 24.3 Å². The maximum atomic E-state index is 11.5. The standard InChI is InChI=1S/C31H25N5O4S/c1-39-24-14-16-26(17-15-24)40-25-12-10-21(11-13-25)35-30(29(33-31(35)41)27-8-2-3-18-32-27)28-9-5-19-34(28)22-6-4-7-23(20-22)36(37)38/h2-20,29-30H,1H3,(H,33,41)/t29-,30+/m1/s1. The van der Waals surface area contributed by atoms with E-state index in [9.17, 15) is 10.1 Å². The van der Waals surface area contributed by atoms with Crippen molar-refractivity contribution in [1.82, 2.24) is 14.9 Å². The van der Waals surface area contributed by atoms with Crippen LogP contribution in [0, 0.1) is 10.1 Å². The van der Waals surface area contributed by atoms with Crippen LogP contribution in [0.25, 0.3) is 5.69 Å². The molecular weight excluding hydrogens is 538 g/mol. The molecule has 6 rings (SSSR count). The van der Waals surface area contributed by atoms with E-state index in [1.165, 1.54) is 6.07 Å². The molecule has 1 aliphatic rings. The quantitative estimate of drug-likeness (QED) is 0.126. The van der Waals surface area contributed by atoms with Gasteiger partial charge in [0, 0.05) is 35.9 Å². The summed E-state index contributed by atoms with van der Waals surface area (Å²) in [7, 11) is 1.62. The molecule has 0 radical (unpaired) electrons. The van der Waals surface area contributed by atoms with Gasteiger partial charge in [-0.15, -0.1) is 0 Å². The Hall–Kier alpha value is -5.22. The third kappa shape index (κ3) is 5.20. The Morgan fingerprint density at radius 3 is 2.29 bits per heavy atom. The Bertz CT molecular complexity index is 1690. The molecule has 1 aliphatic heterocycles. The minimum Gasteiger partial charge on any atom is -0.497 e. The number of non-ortho nitro benzene ring substituents is 1. The molecule has 1 saturated heterocycles. The van der Waals surface area contributed by atoms with Gasteiger partial charge in [0.05, 0.1) is 29.5 Å². The molecule has 0 unspecified atom stereocenters. The van der Waals surface area contributed by atoms with Crippen LogP contribution in [0.5, 0.6) is 17.2 Å². The van der Waals surface area contributed by atoms with Gasteiger partial charge in [0.1, 0.15) is 23.3 Å². The fraction of sp³-hybridized carbons (Fsp3) is 0.0968. The molecule has 1 N–H and O–H groups in total. The van der Waals surface area contributed by atoms with E-state index in [1.54, 1.807) is 25.4 Å². The van der Waals surface area contributed by atoms with Gasteiger partial charge in [0.15, 0.2) is 5.11 Å². The minimum absolute atomic E-state index is 0.0211. The number of ether oxygens (including phenoxy) is 2. The first kappa shape index (κ1) is 26.0. The van der Waals surface area contributed by atoms with Crippen LogP contribution in [0.1, 0.15) is 23.5 Å². The first-order valence-corrected chi connectivity index (χ1v) is 13.3. The van der Waals surface area contributed by atoms with Crippen molar-refractivity contribution < 1.29 is 14.4 Å². The van der Waals surface area contributed by atoms with Crippen molar-refractivity contribution in [2.45, 2.75) is 12.1 Å². The maximum Gasteiger partial charge on any atom is 0.271 e. The van der Waals surface area contributed by atoms with Crippen LogP contribution in [0.4, 0.5) is 11.4 Å². The van der Waals surface area contributed by atoms with Crippen LogP contribution < -0.4 is 19.7 Å². The number of anilines is 1. The molecule has 2 atom stereocenters. The lowest BCUT2D eigenvalue weighted by atomic mass is 10.0. The van der Waals surface area contributed by atoms with Gasteiger partial charge in [-0.25, -0.2) is 0 Å². The fourth-order valence-corrected chi connectivity index (χ4v) is 5.36. The summed E-state index contributed by atoms with van der Waals surface area (Å²) in [4.78, 5) is 17.8. The second kappa shape index (κ2) is 11.1. The highest BCUT2D eigenvalue weighted by atomic mass is 32.1. The highest BCUT2D eigenvalue weighted by molar-refractivity contribution is 7.80. The van der Waals surface area contributed by atoms with E-state index in [2.05, 4.69) is 15.2 Å². The number of aromatic nitrogens is 2. The molecule has 41 heavy (non-hydrogen) atoms. The number of nitro groups is 1. The van der Waals surface area contributed by atoms with Gasteiger partial charge in [-0.3, -0.25) is 15.1 Å². The van der Waals surface area contributed by atoms with E-state index < -0.39 is 4.92 Å². The molecule has 9 nitrogen and oxygen atoms in total. The summed E-state index contributed by atoms with van der Waals surface area (Å²) in [6.07, 6.45) is 3.65. The zero-order chi connectivity index (χ0) is 28.3. The molecular formula is C31H25N5O4S. The molecule has 0 amide bonds. The molecule has 0 bridgehead atoms. The smallest absolute Gasteiger partial charge is 0.271 e. The normalized spacial score (nSPS) is 16.3. The lowest BCUT2D eigenvalue weighted by Gasteiger charge is -2.29. The second-order valence-electron chi connectivity index (χ2n) is 9.35. The average Bonchev–Trinajstić information content (AvgIpc) is 3.63. The number of hydrogen-bond donors (Lipinski definition) is 1. The fourth-order valence-electron chi connectivity index (χ4n) is 5.01. The van der Waals surface area contributed by atoms with Gasteiger partial charge in [0.2, 0.25) is 0 Å². The first-order valence-electron chi connectivity index (χ1n) is 12.9. The highest BCUT2D eigenvalue weighted by Crippen LogP contribution is 2.43. The van der Waals surface area contributed by atoms with Crippen molar-refractivity contribution >= 4 is 28.7 Å². The minimum atomic E-state index is -0.391. The second-order valence-corrected chi connectivity index (χ2v) is 9.73. The number of rotatable bonds is 8. The first-order chi connectivity index (χ1) is 20.0. The summed E-state index contributed by atoms with van der Waals surface area (Å²) in [6, 6.07) is 30.8. The molecule has 0 aliphatic carbocycles. The number of benzene rings is 3. The predicted molar refractivity (Wildman–Crippen MR) is 160 cm³/mol. The molecule has 0 saturated carbocycles. The number of nitro benzene ring substituents is 1. The maximum absolute atomic E-state index is 11.5. The molecule has 10 heteroatoms. The van der Waals surface area contributed by atoms with E-state index >= 15 is 0 Å². The number of nitrogens with zero attached hydrogens (tertiary/aromatic N) is 4. The van der Waals surface area contributed by atoms with E-state index in [-0.39, 0.29) is 17.8 Å². The Labute approximate surface area is 241 Å². The summed E-state index contributed by atoms with van der Waals surface area (Å²) < 4.78 is 13.2. The van der Waals surface area contributed by atoms with Crippen LogP contribution in [0.2, 0.25) is 0 Å². The topological polar surface area (TPSA) is 94.7 Å². The van der Waals surface area contributed by atoms with Gasteiger partial charge in [-0.2, -0.15) is 0 Å². The molecule has 3 heterocycles. The molecule has 2 aromatic heterocycles. The molecule has 3 aromatic carbocycles. The lowest BCUT2D eigenvalue weighted by molar-refractivity contribution is -0.384. The summed E-state index contributed by atoms with van der Waals surface area (Å²) in [5, 5.41) is 15.5. The van der Waals surface area contributed by atoms with Crippen molar-refractivity contribution in [3.05, 3.63) is 137 Å². The average molecular weight is 564 g/mol. The zero-order valence-electron chi connectivity index (χ0n) is 22.0. The molecule has 0 spiro atoms. The Kier molecular flexibility index (Phi) is 7.05. The van der Waals surface area contributed by atoms with Gasteiger partial charge in [-0.1, -0.05) is 12.1 Å². The summed E-state index contributed by atoms with van der Waals surface area (Å²) in [5.74, 6) is 2.13. The van der Waals surface area contributed by atoms with Crippen molar-refractivity contribution in [2.24, 2.45) is 0 Å². The van der Waals surface area contributed by atoms with Crippen molar-refractivity contribution in [1.29, 1.82) is 0 Å². The van der Waals surface area contributed by atoms with E-state index in [0.717, 1.165) is 22.8 Å².